The van der Waals surface area contributed by atoms with Crippen molar-refractivity contribution in [3.63, 3.8) is 0 Å². The predicted molar refractivity (Wildman–Crippen MR) is 103 cm³/mol. The number of hydrogen-bond acceptors (Lipinski definition) is 9. The third-order valence-corrected chi connectivity index (χ3v) is 4.96. The minimum absolute atomic E-state index is 0.0793. The predicted octanol–water partition coefficient (Wildman–Crippen LogP) is -0.0501. The molecule has 3 heterocycles. The first-order chi connectivity index (χ1) is 14.0. The average Bonchev–Trinajstić information content (AvgIpc) is 3.25. The van der Waals surface area contributed by atoms with Crippen molar-refractivity contribution in [1.82, 2.24) is 19.5 Å². The van der Waals surface area contributed by atoms with Gasteiger partial charge in [-0.1, -0.05) is 29.8 Å². The molecule has 10 nitrogen and oxygen atoms in total. The number of nitrogen functional groups attached to an aromatic ring is 1. The number of nitrogens with two attached hydrogens (primary N) is 1. The summed E-state index contributed by atoms with van der Waals surface area (Å²) < 4.78 is 12.7. The van der Waals surface area contributed by atoms with Crippen molar-refractivity contribution >= 4 is 17.0 Å². The van der Waals surface area contributed by atoms with E-state index in [1.807, 2.05) is 31.2 Å². The highest BCUT2D eigenvalue weighted by molar-refractivity contribution is 5.82. The van der Waals surface area contributed by atoms with Crippen LogP contribution >= 0.6 is 0 Å². The summed E-state index contributed by atoms with van der Waals surface area (Å²) in [6.45, 7) is 1.96. The van der Waals surface area contributed by atoms with Crippen molar-refractivity contribution < 1.29 is 24.8 Å². The molecule has 29 heavy (non-hydrogen) atoms. The van der Waals surface area contributed by atoms with Crippen molar-refractivity contribution in [2.75, 3.05) is 18.9 Å². The van der Waals surface area contributed by atoms with Gasteiger partial charge in [-0.3, -0.25) is 4.57 Å². The second-order valence-electron chi connectivity index (χ2n) is 7.03. The Hall–Kier alpha value is -2.79. The number of aliphatic hydroxyl groups excluding tert-OH is 3. The zero-order valence-electron chi connectivity index (χ0n) is 15.8. The van der Waals surface area contributed by atoms with Gasteiger partial charge in [-0.2, -0.15) is 9.97 Å². The van der Waals surface area contributed by atoms with Crippen LogP contribution in [-0.4, -0.2) is 66.4 Å². The molecule has 3 aromatic rings. The van der Waals surface area contributed by atoms with Crippen LogP contribution in [0.2, 0.25) is 0 Å². The molecule has 1 aliphatic rings. The lowest BCUT2D eigenvalue weighted by molar-refractivity contribution is -0.0511. The number of hydrogen-bond donors (Lipinski definition) is 4. The fourth-order valence-corrected chi connectivity index (χ4v) is 3.29. The van der Waals surface area contributed by atoms with Gasteiger partial charge in [0.2, 0.25) is 0 Å². The van der Waals surface area contributed by atoms with E-state index in [-0.39, 0.29) is 11.8 Å². The highest BCUT2D eigenvalue weighted by Gasteiger charge is 2.44. The van der Waals surface area contributed by atoms with E-state index in [1.54, 1.807) is 0 Å². The summed E-state index contributed by atoms with van der Waals surface area (Å²) in [5, 5.41) is 29.6. The molecule has 0 saturated carbocycles. The smallest absolute Gasteiger partial charge is 0.320 e. The minimum atomic E-state index is -1.26. The Labute approximate surface area is 166 Å². The maximum absolute atomic E-state index is 10.3. The van der Waals surface area contributed by atoms with E-state index in [4.69, 9.17) is 15.2 Å². The molecule has 4 atom stereocenters. The van der Waals surface area contributed by atoms with Crippen LogP contribution in [0, 0.1) is 6.92 Å². The summed E-state index contributed by atoms with van der Waals surface area (Å²) in [6.07, 6.45) is -2.29. The molecule has 0 radical (unpaired) electrons. The summed E-state index contributed by atoms with van der Waals surface area (Å²) in [6, 6.07) is 8.22. The first-order valence-electron chi connectivity index (χ1n) is 9.28. The van der Waals surface area contributed by atoms with Crippen molar-refractivity contribution in [3.8, 4) is 6.01 Å². The van der Waals surface area contributed by atoms with Gasteiger partial charge in [0, 0.05) is 6.42 Å². The van der Waals surface area contributed by atoms with Crippen molar-refractivity contribution in [2.24, 2.45) is 0 Å². The topological polar surface area (TPSA) is 149 Å². The number of aliphatic hydroxyl groups is 3. The van der Waals surface area contributed by atoms with Crippen LogP contribution in [0.1, 0.15) is 17.4 Å². The first-order valence-corrected chi connectivity index (χ1v) is 9.28. The molecular weight excluding hydrogens is 378 g/mol. The number of benzene rings is 1. The third kappa shape index (κ3) is 3.75. The van der Waals surface area contributed by atoms with Crippen LogP contribution in [0.5, 0.6) is 6.01 Å². The van der Waals surface area contributed by atoms with E-state index < -0.39 is 31.1 Å². The van der Waals surface area contributed by atoms with Gasteiger partial charge in [-0.05, 0) is 12.5 Å². The Balaban J connectivity index is 1.54. The Bertz CT molecular complexity index is 993. The average molecular weight is 401 g/mol. The molecule has 0 spiro atoms. The maximum Gasteiger partial charge on any atom is 0.320 e. The highest BCUT2D eigenvalue weighted by Crippen LogP contribution is 2.32. The van der Waals surface area contributed by atoms with Crippen LogP contribution in [0.15, 0.2) is 30.6 Å². The van der Waals surface area contributed by atoms with Gasteiger partial charge in [-0.25, -0.2) is 4.98 Å². The highest BCUT2D eigenvalue weighted by atomic mass is 16.6. The van der Waals surface area contributed by atoms with E-state index in [1.165, 1.54) is 16.5 Å². The van der Waals surface area contributed by atoms with Crippen LogP contribution in [0.4, 0.5) is 5.82 Å². The lowest BCUT2D eigenvalue weighted by Gasteiger charge is -2.16. The van der Waals surface area contributed by atoms with Crippen LogP contribution < -0.4 is 10.5 Å². The lowest BCUT2D eigenvalue weighted by Crippen LogP contribution is -2.33. The molecule has 1 aliphatic heterocycles. The molecule has 2 aromatic heterocycles. The van der Waals surface area contributed by atoms with E-state index in [0.29, 0.717) is 24.2 Å². The first kappa shape index (κ1) is 19.5. The fourth-order valence-electron chi connectivity index (χ4n) is 3.29. The fraction of sp³-hybridized carbons (Fsp3) is 0.421. The third-order valence-electron chi connectivity index (χ3n) is 4.96. The van der Waals surface area contributed by atoms with Crippen molar-refractivity contribution in [3.05, 3.63) is 41.7 Å². The van der Waals surface area contributed by atoms with E-state index in [9.17, 15) is 15.3 Å². The summed E-state index contributed by atoms with van der Waals surface area (Å²) in [7, 11) is 0. The second-order valence-corrected chi connectivity index (χ2v) is 7.03. The molecule has 1 fully saturated rings. The largest absolute Gasteiger partial charge is 0.463 e. The Kier molecular flexibility index (Phi) is 5.33. The molecule has 1 aromatic carbocycles. The molecule has 4 rings (SSSR count). The zero-order chi connectivity index (χ0) is 20.5. The molecule has 1 saturated heterocycles. The Morgan fingerprint density at radius 2 is 1.93 bits per heavy atom. The van der Waals surface area contributed by atoms with E-state index >= 15 is 0 Å². The van der Waals surface area contributed by atoms with Crippen LogP contribution in [-0.2, 0) is 11.2 Å². The van der Waals surface area contributed by atoms with E-state index in [0.717, 1.165) is 5.56 Å². The number of rotatable bonds is 6. The Morgan fingerprint density at radius 3 is 2.62 bits per heavy atom. The van der Waals surface area contributed by atoms with Gasteiger partial charge in [0.25, 0.3) is 0 Å². The number of aryl methyl sites for hydroxylation is 1. The zero-order valence-corrected chi connectivity index (χ0v) is 15.8. The molecule has 0 amide bonds. The van der Waals surface area contributed by atoms with Crippen LogP contribution in [0.3, 0.4) is 0 Å². The van der Waals surface area contributed by atoms with Crippen LogP contribution in [0.25, 0.3) is 11.2 Å². The minimum Gasteiger partial charge on any atom is -0.463 e. The standard InChI is InChI=1S/C19H23N5O5/c1-10-2-4-11(5-3-10)6-7-28-19-22-16(20)13-17(23-19)24(9-21-13)18-15(27)14(26)12(8-25)29-18/h2-5,9,12,14-15,18,25-27H,6-8H2,1H3,(H2,20,22,23)/t12?,14-,15-,18?/m1/s1. The van der Waals surface area contributed by atoms with Gasteiger partial charge in [0.15, 0.2) is 23.2 Å². The molecule has 2 unspecified atom stereocenters. The lowest BCUT2D eigenvalue weighted by atomic mass is 10.1. The maximum atomic E-state index is 10.3. The summed E-state index contributed by atoms with van der Waals surface area (Å²) >= 11 is 0. The van der Waals surface area contributed by atoms with Gasteiger partial charge in [0.05, 0.1) is 19.5 Å². The quantitative estimate of drug-likeness (QED) is 0.446. The molecule has 10 heteroatoms. The molecule has 5 N–H and O–H groups in total. The van der Waals surface area contributed by atoms with Gasteiger partial charge >= 0.3 is 6.01 Å². The number of ether oxygens (including phenoxy) is 2. The molecular formula is C19H23N5O5. The summed E-state index contributed by atoms with van der Waals surface area (Å²) in [5.74, 6) is 0.130. The number of nitrogens with zero attached hydrogens (tertiary/aromatic N) is 4. The summed E-state index contributed by atoms with van der Waals surface area (Å²) in [4.78, 5) is 12.6. The van der Waals surface area contributed by atoms with Gasteiger partial charge in [-0.15, -0.1) is 0 Å². The Morgan fingerprint density at radius 1 is 1.17 bits per heavy atom. The molecule has 0 bridgehead atoms. The number of aromatic nitrogens is 4. The van der Waals surface area contributed by atoms with Gasteiger partial charge < -0.3 is 30.5 Å². The van der Waals surface area contributed by atoms with Crippen molar-refractivity contribution in [1.29, 1.82) is 0 Å². The second kappa shape index (κ2) is 7.91. The normalized spacial score (nSPS) is 24.3. The van der Waals surface area contributed by atoms with E-state index in [2.05, 4.69) is 15.0 Å². The molecule has 154 valence electrons. The summed E-state index contributed by atoms with van der Waals surface area (Å²) in [5.41, 5.74) is 8.93. The monoisotopic (exact) mass is 401 g/mol. The number of anilines is 1. The molecule has 0 aliphatic carbocycles. The van der Waals surface area contributed by atoms with Gasteiger partial charge in [0.1, 0.15) is 18.3 Å². The number of fused-ring (bicyclic) bond motifs is 1. The SMILES string of the molecule is Cc1ccc(CCOc2nc(N)c3ncn(C4OC(CO)[C@@H](O)[C@H]4O)c3n2)cc1. The van der Waals surface area contributed by atoms with Crippen molar-refractivity contribution in [2.45, 2.75) is 37.9 Å². The number of imidazole rings is 1.